The lowest BCUT2D eigenvalue weighted by atomic mass is 10.0. The van der Waals surface area contributed by atoms with Crippen LogP contribution >= 0.6 is 0 Å². The summed E-state index contributed by atoms with van der Waals surface area (Å²) < 4.78 is 5.32. The number of aliphatic hydroxyl groups is 2. The average molecular weight is 361 g/mol. The molecule has 0 aliphatic heterocycles. The number of nitrogens with zero attached hydrogens (tertiary/aromatic N) is 3. The Morgan fingerprint density at radius 3 is 2.62 bits per heavy atom. The highest BCUT2D eigenvalue weighted by atomic mass is 16.5. The maximum atomic E-state index is 8.94. The number of anilines is 2. The Bertz CT molecular complexity index is 707. The summed E-state index contributed by atoms with van der Waals surface area (Å²) >= 11 is 0. The van der Waals surface area contributed by atoms with Gasteiger partial charge in [0.15, 0.2) is 5.82 Å². The molecule has 0 aliphatic rings. The quantitative estimate of drug-likeness (QED) is 0.470. The van der Waals surface area contributed by atoms with Gasteiger partial charge < -0.3 is 25.6 Å². The molecule has 0 amide bonds. The molecule has 8 nitrogen and oxygen atoms in total. The molecule has 2 rings (SSSR count). The lowest BCUT2D eigenvalue weighted by molar-refractivity contribution is -0.0195. The van der Waals surface area contributed by atoms with Crippen LogP contribution in [0.25, 0.3) is 11.3 Å². The summed E-state index contributed by atoms with van der Waals surface area (Å²) in [4.78, 5) is 4.49. The summed E-state index contributed by atoms with van der Waals surface area (Å²) in [7, 11) is 1.81. The van der Waals surface area contributed by atoms with Crippen molar-refractivity contribution >= 4 is 11.8 Å². The van der Waals surface area contributed by atoms with Crippen molar-refractivity contribution in [1.82, 2.24) is 15.2 Å². The van der Waals surface area contributed by atoms with Crippen LogP contribution in [0.2, 0.25) is 0 Å². The molecule has 0 aliphatic carbocycles. The van der Waals surface area contributed by atoms with Gasteiger partial charge in [-0.05, 0) is 31.4 Å². The third-order valence-electron chi connectivity index (χ3n) is 4.15. The zero-order valence-electron chi connectivity index (χ0n) is 15.5. The number of hydrogen-bond acceptors (Lipinski definition) is 8. The van der Waals surface area contributed by atoms with Crippen LogP contribution < -0.4 is 10.6 Å². The molecule has 8 heteroatoms. The van der Waals surface area contributed by atoms with Gasteiger partial charge >= 0.3 is 0 Å². The minimum Gasteiger partial charge on any atom is -0.394 e. The van der Waals surface area contributed by atoms with Crippen LogP contribution in [-0.2, 0) is 4.74 Å². The van der Waals surface area contributed by atoms with Gasteiger partial charge in [0.2, 0.25) is 5.95 Å². The van der Waals surface area contributed by atoms with Crippen molar-refractivity contribution in [2.24, 2.45) is 0 Å². The Balaban J connectivity index is 1.99. The van der Waals surface area contributed by atoms with Crippen molar-refractivity contribution in [1.29, 1.82) is 0 Å². The summed E-state index contributed by atoms with van der Waals surface area (Å²) in [5.41, 5.74) is 4.07. The highest BCUT2D eigenvalue weighted by molar-refractivity contribution is 5.74. The highest BCUT2D eigenvalue weighted by Crippen LogP contribution is 2.28. The number of nitrogens with one attached hydrogen (secondary N) is 2. The Kier molecular flexibility index (Phi) is 7.71. The van der Waals surface area contributed by atoms with Crippen LogP contribution in [0, 0.1) is 13.8 Å². The number of aliphatic hydroxyl groups excluding tert-OH is 2. The number of rotatable bonds is 10. The molecule has 1 heterocycles. The maximum Gasteiger partial charge on any atom is 0.244 e. The monoisotopic (exact) mass is 361 g/mol. The van der Waals surface area contributed by atoms with E-state index >= 15 is 0 Å². The molecule has 0 radical (unpaired) electrons. The Hall–Kier alpha value is -2.29. The standard InChI is InChI=1S/C18H27N5O3/c1-12-6-4-7-15(13(12)2)16-17(19-3)21-18(23-22-16)20-8-5-9-26-14(10-24)11-25/h4,6-7,14,24-25H,5,8-11H2,1-3H3,(H2,19,20,21,23). The van der Waals surface area contributed by atoms with Crippen molar-refractivity contribution in [2.45, 2.75) is 26.4 Å². The van der Waals surface area contributed by atoms with Crippen molar-refractivity contribution in [3.63, 3.8) is 0 Å². The van der Waals surface area contributed by atoms with Crippen LogP contribution in [0.1, 0.15) is 17.5 Å². The summed E-state index contributed by atoms with van der Waals surface area (Å²) in [6, 6.07) is 6.07. The minimum absolute atomic E-state index is 0.192. The first-order chi connectivity index (χ1) is 12.6. The lowest BCUT2D eigenvalue weighted by Gasteiger charge is -2.13. The number of aromatic nitrogens is 3. The van der Waals surface area contributed by atoms with Crippen molar-refractivity contribution in [3.05, 3.63) is 29.3 Å². The topological polar surface area (TPSA) is 112 Å². The normalized spacial score (nSPS) is 11.0. The van der Waals surface area contributed by atoms with Crippen molar-refractivity contribution < 1.29 is 14.9 Å². The van der Waals surface area contributed by atoms with E-state index in [-0.39, 0.29) is 13.2 Å². The van der Waals surface area contributed by atoms with Crippen molar-refractivity contribution in [2.75, 3.05) is 44.0 Å². The van der Waals surface area contributed by atoms with E-state index in [9.17, 15) is 0 Å². The highest BCUT2D eigenvalue weighted by Gasteiger charge is 2.13. The second-order valence-corrected chi connectivity index (χ2v) is 5.97. The van der Waals surface area contributed by atoms with Gasteiger partial charge in [-0.25, -0.2) is 0 Å². The molecule has 0 unspecified atom stereocenters. The van der Waals surface area contributed by atoms with Gasteiger partial charge in [0.05, 0.1) is 13.2 Å². The number of ether oxygens (including phenoxy) is 1. The van der Waals surface area contributed by atoms with E-state index in [1.54, 1.807) is 7.05 Å². The van der Waals surface area contributed by atoms with Gasteiger partial charge in [-0.3, -0.25) is 0 Å². The molecule has 0 saturated heterocycles. The SMILES string of the molecule is CNc1nc(NCCCOC(CO)CO)nnc1-c1cccc(C)c1C. The first-order valence-corrected chi connectivity index (χ1v) is 8.67. The second kappa shape index (κ2) is 10.0. The van der Waals surface area contributed by atoms with Crippen LogP contribution in [0.4, 0.5) is 11.8 Å². The van der Waals surface area contributed by atoms with Crippen molar-refractivity contribution in [3.8, 4) is 11.3 Å². The Morgan fingerprint density at radius 1 is 1.15 bits per heavy atom. The predicted octanol–water partition coefficient (Wildman–Crippen LogP) is 1.37. The van der Waals surface area contributed by atoms with E-state index in [1.165, 1.54) is 5.56 Å². The largest absolute Gasteiger partial charge is 0.394 e. The lowest BCUT2D eigenvalue weighted by Crippen LogP contribution is -2.23. The Morgan fingerprint density at radius 2 is 1.92 bits per heavy atom. The van der Waals surface area contributed by atoms with Gasteiger partial charge in [0.1, 0.15) is 11.8 Å². The summed E-state index contributed by atoms with van der Waals surface area (Å²) in [5.74, 6) is 1.09. The van der Waals surface area contributed by atoms with E-state index < -0.39 is 6.10 Å². The average Bonchev–Trinajstić information content (AvgIpc) is 2.67. The molecule has 142 valence electrons. The zero-order chi connectivity index (χ0) is 18.9. The molecule has 0 spiro atoms. The van der Waals surface area contributed by atoms with E-state index in [4.69, 9.17) is 14.9 Å². The van der Waals surface area contributed by atoms with Gasteiger partial charge in [-0.1, -0.05) is 18.2 Å². The van der Waals surface area contributed by atoms with Gasteiger partial charge in [0.25, 0.3) is 0 Å². The number of aryl methyl sites for hydroxylation is 1. The van der Waals surface area contributed by atoms with Gasteiger partial charge in [-0.15, -0.1) is 10.2 Å². The maximum absolute atomic E-state index is 8.94. The molecule has 2 aromatic rings. The second-order valence-electron chi connectivity index (χ2n) is 5.97. The molecule has 0 atom stereocenters. The van der Waals surface area contributed by atoms with E-state index in [0.29, 0.717) is 31.3 Å². The Labute approximate surface area is 153 Å². The molecule has 26 heavy (non-hydrogen) atoms. The number of benzene rings is 1. The molecular weight excluding hydrogens is 334 g/mol. The molecular formula is C18H27N5O3. The first kappa shape index (κ1) is 20.0. The molecule has 1 aromatic carbocycles. The molecule has 0 saturated carbocycles. The number of hydrogen-bond donors (Lipinski definition) is 4. The molecule has 1 aromatic heterocycles. The fourth-order valence-electron chi connectivity index (χ4n) is 2.45. The third kappa shape index (κ3) is 5.10. The van der Waals surface area contributed by atoms with Crippen LogP contribution in [0.15, 0.2) is 18.2 Å². The fourth-order valence-corrected chi connectivity index (χ4v) is 2.45. The van der Waals surface area contributed by atoms with Gasteiger partial charge in [-0.2, -0.15) is 4.98 Å². The van der Waals surface area contributed by atoms with Gasteiger partial charge in [0, 0.05) is 25.8 Å². The molecule has 0 bridgehead atoms. The summed E-state index contributed by atoms with van der Waals surface area (Å²) in [6.45, 7) is 4.76. The van der Waals surface area contributed by atoms with Crippen LogP contribution in [0.5, 0.6) is 0 Å². The predicted molar refractivity (Wildman–Crippen MR) is 101 cm³/mol. The fraction of sp³-hybridized carbons (Fsp3) is 0.500. The molecule has 0 fully saturated rings. The van der Waals surface area contributed by atoms with E-state index in [0.717, 1.165) is 16.8 Å². The minimum atomic E-state index is -0.527. The molecule has 4 N–H and O–H groups in total. The van der Waals surface area contributed by atoms with E-state index in [2.05, 4.69) is 45.7 Å². The zero-order valence-corrected chi connectivity index (χ0v) is 15.5. The summed E-state index contributed by atoms with van der Waals surface area (Å²) in [5, 5.41) is 32.6. The van der Waals surface area contributed by atoms with E-state index in [1.807, 2.05) is 12.1 Å². The third-order valence-corrected chi connectivity index (χ3v) is 4.15. The van der Waals surface area contributed by atoms with Crippen LogP contribution in [0.3, 0.4) is 0 Å². The van der Waals surface area contributed by atoms with Crippen LogP contribution in [-0.4, -0.2) is 64.9 Å². The smallest absolute Gasteiger partial charge is 0.244 e. The summed E-state index contributed by atoms with van der Waals surface area (Å²) in [6.07, 6.45) is 0.161. The first-order valence-electron chi connectivity index (χ1n) is 8.67.